The van der Waals surface area contributed by atoms with Crippen LogP contribution in [0.15, 0.2) is 24.3 Å². The maximum Gasteiger partial charge on any atom is 0.183 e. The molecule has 6 N–H and O–H groups in total. The highest BCUT2D eigenvalue weighted by molar-refractivity contribution is 5.43. The van der Waals surface area contributed by atoms with Gasteiger partial charge in [0.15, 0.2) is 5.72 Å². The summed E-state index contributed by atoms with van der Waals surface area (Å²) >= 11 is 0. The number of hydrogen-bond acceptors (Lipinski definition) is 5. The molecule has 1 aromatic rings. The lowest BCUT2D eigenvalue weighted by atomic mass is 10.2. The van der Waals surface area contributed by atoms with Crippen molar-refractivity contribution in [2.24, 2.45) is 5.73 Å². The molecule has 0 bridgehead atoms. The molecule has 0 heterocycles. The summed E-state index contributed by atoms with van der Waals surface area (Å²) in [6.45, 7) is -0.526. The third-order valence-electron chi connectivity index (χ3n) is 1.98. The summed E-state index contributed by atoms with van der Waals surface area (Å²) in [5, 5.41) is 17.8. The summed E-state index contributed by atoms with van der Waals surface area (Å²) in [6.07, 6.45) is 0.151. The van der Waals surface area contributed by atoms with Crippen LogP contribution in [-0.2, 0) is 0 Å². The van der Waals surface area contributed by atoms with Crippen molar-refractivity contribution >= 4 is 5.69 Å². The predicted octanol–water partition coefficient (Wildman–Crippen LogP) is -0.323. The largest absolute Gasteiger partial charge is 0.470 e. The number of rotatable bonds is 5. The minimum absolute atomic E-state index is 0.151. The second-order valence-electron chi connectivity index (χ2n) is 3.37. The Bertz CT molecular complexity index is 319. The van der Waals surface area contributed by atoms with Crippen molar-refractivity contribution in [1.82, 2.24) is 0 Å². The molecule has 0 fully saturated rings. The van der Waals surface area contributed by atoms with Gasteiger partial charge in [0.05, 0.1) is 6.61 Å². The third kappa shape index (κ3) is 3.39. The van der Waals surface area contributed by atoms with Crippen molar-refractivity contribution in [1.29, 1.82) is 0 Å². The topological polar surface area (TPSA) is 102 Å². The van der Waals surface area contributed by atoms with Gasteiger partial charge < -0.3 is 20.7 Å². The molecule has 0 radical (unpaired) electrons. The number of aliphatic hydroxyl groups excluding tert-OH is 2. The van der Waals surface area contributed by atoms with E-state index in [0.717, 1.165) is 0 Å². The second kappa shape index (κ2) is 4.97. The lowest BCUT2D eigenvalue weighted by molar-refractivity contribution is -0.00456. The molecule has 0 aliphatic carbocycles. The molecule has 15 heavy (non-hydrogen) atoms. The molecule has 0 saturated heterocycles. The van der Waals surface area contributed by atoms with E-state index in [9.17, 15) is 0 Å². The Labute approximate surface area is 88.3 Å². The first kappa shape index (κ1) is 11.8. The molecular formula is C10H16N2O3. The van der Waals surface area contributed by atoms with E-state index in [4.69, 9.17) is 26.4 Å². The molecule has 5 heteroatoms. The first-order valence-electron chi connectivity index (χ1n) is 4.65. The molecule has 1 aromatic carbocycles. The molecule has 0 aromatic heterocycles. The van der Waals surface area contributed by atoms with Gasteiger partial charge >= 0.3 is 0 Å². The van der Waals surface area contributed by atoms with E-state index in [2.05, 4.69) is 0 Å². The van der Waals surface area contributed by atoms with Crippen LogP contribution in [0.3, 0.4) is 0 Å². The average molecular weight is 212 g/mol. The van der Waals surface area contributed by atoms with Crippen molar-refractivity contribution in [3.8, 4) is 5.75 Å². The molecule has 1 unspecified atom stereocenters. The Balaban J connectivity index is 2.74. The summed E-state index contributed by atoms with van der Waals surface area (Å²) in [7, 11) is 0. The number of ether oxygens (including phenoxy) is 1. The lowest BCUT2D eigenvalue weighted by Gasteiger charge is -2.27. The summed E-state index contributed by atoms with van der Waals surface area (Å²) in [5.41, 5.74) is 10.6. The Hall–Kier alpha value is -1.30. The molecule has 1 atom stereocenters. The highest BCUT2D eigenvalue weighted by Gasteiger charge is 2.25. The molecule has 0 amide bonds. The zero-order valence-electron chi connectivity index (χ0n) is 8.39. The maximum absolute atomic E-state index is 9.05. The third-order valence-corrected chi connectivity index (χ3v) is 1.98. The number of nitrogens with two attached hydrogens (primary N) is 2. The van der Waals surface area contributed by atoms with Crippen LogP contribution in [0.2, 0.25) is 0 Å². The van der Waals surface area contributed by atoms with E-state index in [1.54, 1.807) is 24.3 Å². The molecule has 0 saturated carbocycles. The quantitative estimate of drug-likeness (QED) is 0.395. The zero-order chi connectivity index (χ0) is 11.3. The van der Waals surface area contributed by atoms with E-state index in [1.807, 2.05) is 0 Å². The average Bonchev–Trinajstić information content (AvgIpc) is 2.18. The van der Waals surface area contributed by atoms with Gasteiger partial charge in [-0.2, -0.15) is 0 Å². The van der Waals surface area contributed by atoms with Gasteiger partial charge in [-0.3, -0.25) is 5.73 Å². The fourth-order valence-electron chi connectivity index (χ4n) is 1.16. The summed E-state index contributed by atoms with van der Waals surface area (Å²) in [6, 6.07) is 6.73. The van der Waals surface area contributed by atoms with E-state index < -0.39 is 5.72 Å². The zero-order valence-corrected chi connectivity index (χ0v) is 8.39. The van der Waals surface area contributed by atoms with Crippen molar-refractivity contribution < 1.29 is 14.9 Å². The first-order chi connectivity index (χ1) is 7.09. The SMILES string of the molecule is Nc1cccc(OC(N)(CO)CCO)c1. The summed E-state index contributed by atoms with van der Waals surface area (Å²) < 4.78 is 5.36. The Morgan fingerprint density at radius 2 is 2.07 bits per heavy atom. The van der Waals surface area contributed by atoms with Crippen LogP contribution in [0.25, 0.3) is 0 Å². The van der Waals surface area contributed by atoms with E-state index in [-0.39, 0.29) is 19.6 Å². The molecule has 0 spiro atoms. The van der Waals surface area contributed by atoms with Crippen LogP contribution >= 0.6 is 0 Å². The highest BCUT2D eigenvalue weighted by atomic mass is 16.5. The second-order valence-corrected chi connectivity index (χ2v) is 3.37. The van der Waals surface area contributed by atoms with Gasteiger partial charge in [-0.05, 0) is 12.1 Å². The molecule has 1 rings (SSSR count). The molecule has 5 nitrogen and oxygen atoms in total. The van der Waals surface area contributed by atoms with Gasteiger partial charge in [-0.1, -0.05) is 6.07 Å². The van der Waals surface area contributed by atoms with Crippen molar-refractivity contribution in [2.45, 2.75) is 12.1 Å². The van der Waals surface area contributed by atoms with Crippen LogP contribution in [0.5, 0.6) is 5.75 Å². The Kier molecular flexibility index (Phi) is 3.90. The minimum atomic E-state index is -1.26. The van der Waals surface area contributed by atoms with Gasteiger partial charge in [0, 0.05) is 24.8 Å². The van der Waals surface area contributed by atoms with E-state index in [1.165, 1.54) is 0 Å². The molecule has 0 aliphatic heterocycles. The van der Waals surface area contributed by atoms with Crippen LogP contribution in [0.4, 0.5) is 5.69 Å². The Morgan fingerprint density at radius 1 is 1.33 bits per heavy atom. The Morgan fingerprint density at radius 3 is 2.60 bits per heavy atom. The monoisotopic (exact) mass is 212 g/mol. The maximum atomic E-state index is 9.05. The lowest BCUT2D eigenvalue weighted by Crippen LogP contribution is -2.50. The normalized spacial score (nSPS) is 14.6. The number of anilines is 1. The number of benzene rings is 1. The van der Waals surface area contributed by atoms with Gasteiger partial charge in [0.2, 0.25) is 0 Å². The van der Waals surface area contributed by atoms with Gasteiger partial charge in [-0.15, -0.1) is 0 Å². The van der Waals surface area contributed by atoms with Crippen molar-refractivity contribution in [2.75, 3.05) is 18.9 Å². The first-order valence-corrected chi connectivity index (χ1v) is 4.65. The van der Waals surface area contributed by atoms with Crippen molar-refractivity contribution in [3.05, 3.63) is 24.3 Å². The predicted molar refractivity (Wildman–Crippen MR) is 57.2 cm³/mol. The van der Waals surface area contributed by atoms with Gasteiger partial charge in [0.1, 0.15) is 5.75 Å². The smallest absolute Gasteiger partial charge is 0.183 e. The van der Waals surface area contributed by atoms with E-state index in [0.29, 0.717) is 11.4 Å². The van der Waals surface area contributed by atoms with Crippen LogP contribution in [0.1, 0.15) is 6.42 Å². The number of nitrogen functional groups attached to an aromatic ring is 1. The highest BCUT2D eigenvalue weighted by Crippen LogP contribution is 2.19. The minimum Gasteiger partial charge on any atom is -0.470 e. The number of hydrogen-bond donors (Lipinski definition) is 4. The molecule has 84 valence electrons. The molecule has 0 aliphatic rings. The summed E-state index contributed by atoms with van der Waals surface area (Å²) in [4.78, 5) is 0. The standard InChI is InChI=1S/C10H16N2O3/c11-8-2-1-3-9(6-8)15-10(12,7-14)4-5-13/h1-3,6,13-14H,4-5,7,11-12H2. The van der Waals surface area contributed by atoms with Gasteiger partial charge in [-0.25, -0.2) is 0 Å². The van der Waals surface area contributed by atoms with Crippen molar-refractivity contribution in [3.63, 3.8) is 0 Å². The van der Waals surface area contributed by atoms with Crippen LogP contribution in [-0.4, -0.2) is 29.2 Å². The van der Waals surface area contributed by atoms with E-state index >= 15 is 0 Å². The van der Waals surface area contributed by atoms with Crippen LogP contribution in [0, 0.1) is 0 Å². The number of aliphatic hydroxyl groups is 2. The molecular weight excluding hydrogens is 196 g/mol. The fourth-order valence-corrected chi connectivity index (χ4v) is 1.16. The van der Waals surface area contributed by atoms with Gasteiger partial charge in [0.25, 0.3) is 0 Å². The summed E-state index contributed by atoms with van der Waals surface area (Å²) in [5.74, 6) is 0.472. The fraction of sp³-hybridized carbons (Fsp3) is 0.400. The van der Waals surface area contributed by atoms with Crippen LogP contribution < -0.4 is 16.2 Å².